The first-order valence-electron chi connectivity index (χ1n) is 3.77. The quantitative estimate of drug-likeness (QED) is 0.317. The Morgan fingerprint density at radius 2 is 1.33 bits per heavy atom. The predicted octanol–water partition coefficient (Wildman–Crippen LogP) is 0.0864. The average molecular weight is 280 g/mol. The van der Waals surface area contributed by atoms with E-state index in [0.29, 0.717) is 0 Å². The van der Waals surface area contributed by atoms with E-state index in [1.807, 2.05) is 0 Å². The Hall–Kier alpha value is 0.610. The zero-order chi connectivity index (χ0) is 12.7. The van der Waals surface area contributed by atoms with E-state index < -0.39 is 31.4 Å². The molecular formula is C5H14O7P2S. The molecule has 0 radical (unpaired) electrons. The van der Waals surface area contributed by atoms with Gasteiger partial charge in [-0.2, -0.15) is 12.6 Å². The van der Waals surface area contributed by atoms with Crippen molar-refractivity contribution in [1.82, 2.24) is 0 Å². The standard InChI is InChI=1S/C5H14O7P2S/c1-4(2,15)3-5(6,13(7,8)9)14(10,11)12/h6,15H,3H2,1-2H3,(H2,7,8,9)(H2,10,11,12). The second kappa shape index (κ2) is 4.13. The van der Waals surface area contributed by atoms with Crippen molar-refractivity contribution in [3.05, 3.63) is 0 Å². The van der Waals surface area contributed by atoms with Gasteiger partial charge in [-0.25, -0.2) is 0 Å². The van der Waals surface area contributed by atoms with E-state index in [0.717, 1.165) is 0 Å². The van der Waals surface area contributed by atoms with Crippen LogP contribution in [0.25, 0.3) is 0 Å². The van der Waals surface area contributed by atoms with Crippen LogP contribution in [0.3, 0.4) is 0 Å². The minimum absolute atomic E-state index is 0.836. The Morgan fingerprint density at radius 3 is 1.40 bits per heavy atom. The fourth-order valence-electron chi connectivity index (χ4n) is 0.956. The van der Waals surface area contributed by atoms with Crippen molar-refractivity contribution in [2.24, 2.45) is 0 Å². The van der Waals surface area contributed by atoms with E-state index in [-0.39, 0.29) is 0 Å². The van der Waals surface area contributed by atoms with Crippen LogP contribution in [0.2, 0.25) is 0 Å². The largest absolute Gasteiger partial charge is 0.369 e. The van der Waals surface area contributed by atoms with Gasteiger partial charge in [0.15, 0.2) is 0 Å². The first kappa shape index (κ1) is 15.6. The molecule has 0 amide bonds. The molecule has 0 fully saturated rings. The summed E-state index contributed by atoms with van der Waals surface area (Å²) in [6, 6.07) is 0. The van der Waals surface area contributed by atoms with Gasteiger partial charge in [-0.15, -0.1) is 0 Å². The molecule has 7 nitrogen and oxygen atoms in total. The molecule has 0 unspecified atom stereocenters. The maximum atomic E-state index is 10.9. The third-order valence-electron chi connectivity index (χ3n) is 1.60. The third-order valence-corrected chi connectivity index (χ3v) is 5.51. The molecule has 0 aromatic carbocycles. The Balaban J connectivity index is 5.46. The molecule has 0 bridgehead atoms. The molecule has 0 atom stereocenters. The maximum Gasteiger partial charge on any atom is 0.369 e. The van der Waals surface area contributed by atoms with E-state index in [9.17, 15) is 14.2 Å². The molecule has 0 saturated heterocycles. The summed E-state index contributed by atoms with van der Waals surface area (Å²) in [7, 11) is -10.7. The number of thiol groups is 1. The molecule has 10 heteroatoms. The van der Waals surface area contributed by atoms with E-state index in [1.165, 1.54) is 13.8 Å². The third kappa shape index (κ3) is 3.84. The Morgan fingerprint density at radius 1 is 1.07 bits per heavy atom. The van der Waals surface area contributed by atoms with Gasteiger partial charge >= 0.3 is 15.2 Å². The molecule has 0 heterocycles. The number of hydrogen-bond donors (Lipinski definition) is 6. The second-order valence-corrected chi connectivity index (χ2v) is 9.07. The lowest BCUT2D eigenvalue weighted by Crippen LogP contribution is -2.35. The molecule has 0 aliphatic carbocycles. The normalized spacial score (nSPS) is 15.5. The van der Waals surface area contributed by atoms with Crippen LogP contribution in [0, 0.1) is 0 Å². The lowest BCUT2D eigenvalue weighted by atomic mass is 10.1. The summed E-state index contributed by atoms with van der Waals surface area (Å²) >= 11 is 3.87. The topological polar surface area (TPSA) is 135 Å². The van der Waals surface area contributed by atoms with Gasteiger partial charge in [-0.05, 0) is 0 Å². The number of rotatable bonds is 4. The minimum atomic E-state index is -5.36. The van der Waals surface area contributed by atoms with Crippen LogP contribution < -0.4 is 0 Å². The second-order valence-electron chi connectivity index (χ2n) is 3.85. The summed E-state index contributed by atoms with van der Waals surface area (Å²) in [4.78, 5) is 35.1. The smallest absolute Gasteiger partial charge is 0.367 e. The van der Waals surface area contributed by atoms with Gasteiger partial charge in [0.1, 0.15) is 0 Å². The van der Waals surface area contributed by atoms with Crippen LogP contribution in [-0.4, -0.2) is 34.5 Å². The van der Waals surface area contributed by atoms with Gasteiger partial charge in [0.05, 0.1) is 0 Å². The highest BCUT2D eigenvalue weighted by atomic mass is 32.1. The molecule has 0 aliphatic rings. The predicted molar refractivity (Wildman–Crippen MR) is 56.7 cm³/mol. The summed E-state index contributed by atoms with van der Waals surface area (Å²) in [6.07, 6.45) is -0.836. The number of aliphatic hydroxyl groups is 1. The lowest BCUT2D eigenvalue weighted by molar-refractivity contribution is 0.116. The van der Waals surface area contributed by atoms with Crippen LogP contribution in [-0.2, 0) is 9.13 Å². The van der Waals surface area contributed by atoms with Crippen molar-refractivity contribution >= 4 is 27.8 Å². The zero-order valence-electron chi connectivity index (χ0n) is 8.10. The summed E-state index contributed by atoms with van der Waals surface area (Å²) in [5.41, 5.74) is 0. The molecule has 0 rings (SSSR count). The molecule has 15 heavy (non-hydrogen) atoms. The van der Waals surface area contributed by atoms with Crippen molar-refractivity contribution in [1.29, 1.82) is 0 Å². The van der Waals surface area contributed by atoms with Crippen LogP contribution in [0.5, 0.6) is 0 Å². The summed E-state index contributed by atoms with van der Waals surface area (Å²) < 4.78 is 20.6. The van der Waals surface area contributed by atoms with Crippen LogP contribution >= 0.6 is 27.8 Å². The molecule has 0 aromatic heterocycles. The SMILES string of the molecule is CC(C)(S)CC(O)(P(=O)(O)O)P(=O)(O)O. The monoisotopic (exact) mass is 280 g/mol. The van der Waals surface area contributed by atoms with Gasteiger partial charge in [0, 0.05) is 11.2 Å². The van der Waals surface area contributed by atoms with Crippen molar-refractivity contribution in [3.63, 3.8) is 0 Å². The van der Waals surface area contributed by atoms with Gasteiger partial charge in [0.25, 0.3) is 5.08 Å². The summed E-state index contributed by atoms with van der Waals surface area (Å²) in [5.74, 6) is 0. The Labute approximate surface area is 92.3 Å². The first-order chi connectivity index (χ1) is 6.21. The zero-order valence-corrected chi connectivity index (χ0v) is 10.8. The van der Waals surface area contributed by atoms with Gasteiger partial charge in [0.2, 0.25) is 0 Å². The fourth-order valence-corrected chi connectivity index (χ4v) is 3.99. The molecule has 0 spiro atoms. The van der Waals surface area contributed by atoms with Gasteiger partial charge in [-0.1, -0.05) is 13.8 Å². The first-order valence-corrected chi connectivity index (χ1v) is 7.44. The van der Waals surface area contributed by atoms with Crippen molar-refractivity contribution < 1.29 is 33.8 Å². The van der Waals surface area contributed by atoms with Crippen molar-refractivity contribution in [2.45, 2.75) is 30.1 Å². The Kier molecular flexibility index (Phi) is 4.29. The molecule has 0 aliphatic heterocycles. The highest BCUT2D eigenvalue weighted by molar-refractivity contribution is 7.82. The van der Waals surface area contributed by atoms with Gasteiger partial charge < -0.3 is 24.7 Å². The molecule has 0 aromatic rings. The Bertz CT molecular complexity index is 301. The van der Waals surface area contributed by atoms with E-state index in [1.54, 1.807) is 0 Å². The molecule has 0 saturated carbocycles. The highest BCUT2D eigenvalue weighted by Gasteiger charge is 2.60. The maximum absolute atomic E-state index is 10.9. The lowest BCUT2D eigenvalue weighted by Gasteiger charge is -2.33. The minimum Gasteiger partial charge on any atom is -0.367 e. The molecule has 5 N–H and O–H groups in total. The average Bonchev–Trinajstić information content (AvgIpc) is 1.77. The van der Waals surface area contributed by atoms with E-state index in [2.05, 4.69) is 12.6 Å². The van der Waals surface area contributed by atoms with E-state index >= 15 is 0 Å². The molecular weight excluding hydrogens is 266 g/mol. The fraction of sp³-hybridized carbons (Fsp3) is 1.00. The van der Waals surface area contributed by atoms with Crippen LogP contribution in [0.15, 0.2) is 0 Å². The molecule has 92 valence electrons. The van der Waals surface area contributed by atoms with Crippen LogP contribution in [0.4, 0.5) is 0 Å². The van der Waals surface area contributed by atoms with Crippen molar-refractivity contribution in [3.8, 4) is 0 Å². The van der Waals surface area contributed by atoms with Crippen molar-refractivity contribution in [2.75, 3.05) is 0 Å². The summed E-state index contributed by atoms with van der Waals surface area (Å²) in [6.45, 7) is 2.73. The summed E-state index contributed by atoms with van der Waals surface area (Å²) in [5, 5.41) is 6.06. The van der Waals surface area contributed by atoms with Crippen LogP contribution in [0.1, 0.15) is 20.3 Å². The number of hydrogen-bond acceptors (Lipinski definition) is 4. The van der Waals surface area contributed by atoms with E-state index in [4.69, 9.17) is 19.6 Å². The van der Waals surface area contributed by atoms with Gasteiger partial charge in [-0.3, -0.25) is 9.13 Å². The highest BCUT2D eigenvalue weighted by Crippen LogP contribution is 2.70.